The zero-order chi connectivity index (χ0) is 18.8. The van der Waals surface area contributed by atoms with Crippen LogP contribution in [-0.4, -0.2) is 41.3 Å². The van der Waals surface area contributed by atoms with Gasteiger partial charge in [0.2, 0.25) is 10.3 Å². The molecule has 2 aromatic heterocycles. The van der Waals surface area contributed by atoms with Crippen LogP contribution in [0.5, 0.6) is 0 Å². The molecule has 0 aliphatic heterocycles. The second-order valence-electron chi connectivity index (χ2n) is 4.40. The Kier molecular flexibility index (Phi) is 5.60. The van der Waals surface area contributed by atoms with Gasteiger partial charge in [0.15, 0.2) is 0 Å². The van der Waals surface area contributed by atoms with Gasteiger partial charge >= 0.3 is 12.4 Å². The van der Waals surface area contributed by atoms with E-state index < -0.39 is 24.0 Å². The Hall–Kier alpha value is -1.84. The van der Waals surface area contributed by atoms with Crippen molar-refractivity contribution in [2.45, 2.75) is 29.1 Å². The van der Waals surface area contributed by atoms with E-state index in [4.69, 9.17) is 11.7 Å². The molecule has 0 spiro atoms. The fourth-order valence-electron chi connectivity index (χ4n) is 1.52. The molecular weight excluding hydrogens is 398 g/mol. The number of alkyl halides is 6. The lowest BCUT2D eigenvalue weighted by Gasteiger charge is -2.06. The van der Waals surface area contributed by atoms with Gasteiger partial charge in [-0.3, -0.25) is 0 Å². The van der Waals surface area contributed by atoms with Gasteiger partial charge in [0.25, 0.3) is 11.6 Å². The predicted molar refractivity (Wildman–Crippen MR) is 76.4 cm³/mol. The fourth-order valence-corrected chi connectivity index (χ4v) is 3.30. The highest BCUT2D eigenvalue weighted by molar-refractivity contribution is 8.00. The average Bonchev–Trinajstić information content (AvgIpc) is 3.02. The molecule has 0 amide bonds. The number of thioether (sulfide) groups is 2. The van der Waals surface area contributed by atoms with Crippen LogP contribution < -0.4 is 11.7 Å². The highest BCUT2D eigenvalue weighted by atomic mass is 32.2. The summed E-state index contributed by atoms with van der Waals surface area (Å²) in [5, 5.41) is 12.3. The topological polar surface area (TPSA) is 113 Å². The smallest absolute Gasteiger partial charge is 0.335 e. The van der Waals surface area contributed by atoms with Crippen molar-refractivity contribution in [2.75, 3.05) is 23.2 Å². The Morgan fingerprint density at radius 3 is 1.36 bits per heavy atom. The molecule has 0 atom stereocenters. The number of hydrogen-bond donors (Lipinski definition) is 2. The number of nitrogens with two attached hydrogens (primary N) is 2. The van der Waals surface area contributed by atoms with Crippen LogP contribution in [0.2, 0.25) is 0 Å². The molecule has 25 heavy (non-hydrogen) atoms. The maximum absolute atomic E-state index is 12.5. The first kappa shape index (κ1) is 19.5. The van der Waals surface area contributed by atoms with Gasteiger partial charge in [-0.1, -0.05) is 23.5 Å². The number of halogens is 6. The number of nitrogen functional groups attached to an aromatic ring is 2. The predicted octanol–water partition coefficient (Wildman–Crippen LogP) is 1.61. The summed E-state index contributed by atoms with van der Waals surface area (Å²) in [6.45, 7) is 0. The molecular formula is C9H10F6N8S2. The first-order valence-corrected chi connectivity index (χ1v) is 8.30. The van der Waals surface area contributed by atoms with Crippen LogP contribution >= 0.6 is 23.5 Å². The van der Waals surface area contributed by atoms with Gasteiger partial charge in [0, 0.05) is 11.5 Å². The van der Waals surface area contributed by atoms with Crippen LogP contribution in [0.1, 0.15) is 18.1 Å². The molecule has 140 valence electrons. The van der Waals surface area contributed by atoms with E-state index >= 15 is 0 Å². The van der Waals surface area contributed by atoms with E-state index in [1.54, 1.807) is 0 Å². The molecule has 16 heteroatoms. The Morgan fingerprint density at radius 2 is 1.08 bits per heavy atom. The van der Waals surface area contributed by atoms with Crippen molar-refractivity contribution in [1.29, 1.82) is 0 Å². The molecule has 2 aromatic rings. The van der Waals surface area contributed by atoms with Gasteiger partial charge in [0.1, 0.15) is 0 Å². The van der Waals surface area contributed by atoms with Crippen LogP contribution in [0, 0.1) is 0 Å². The standard InChI is InChI=1S/C9H10F6N8S2/c10-8(11,12)4-18-20-6(22(4)16)24-2-1-3-25-7-21-19-5(23(7)17)9(13,14)15/h1-3,16-17H2. The van der Waals surface area contributed by atoms with E-state index in [1.165, 1.54) is 0 Å². The van der Waals surface area contributed by atoms with Crippen molar-refractivity contribution < 1.29 is 26.3 Å². The van der Waals surface area contributed by atoms with Crippen LogP contribution in [-0.2, 0) is 12.4 Å². The Labute approximate surface area is 144 Å². The zero-order valence-corrected chi connectivity index (χ0v) is 13.7. The largest absolute Gasteiger partial charge is 0.453 e. The maximum atomic E-state index is 12.5. The third kappa shape index (κ3) is 4.62. The van der Waals surface area contributed by atoms with Crippen molar-refractivity contribution >= 4 is 23.5 Å². The van der Waals surface area contributed by atoms with Crippen molar-refractivity contribution in [1.82, 2.24) is 29.7 Å². The molecule has 0 saturated heterocycles. The Bertz CT molecular complexity index is 662. The van der Waals surface area contributed by atoms with Crippen molar-refractivity contribution in [3.05, 3.63) is 11.6 Å². The maximum Gasteiger partial charge on any atom is 0.453 e. The van der Waals surface area contributed by atoms with Crippen molar-refractivity contribution in [3.8, 4) is 0 Å². The molecule has 0 aliphatic rings. The lowest BCUT2D eigenvalue weighted by Crippen LogP contribution is -2.21. The van der Waals surface area contributed by atoms with Gasteiger partial charge in [-0.25, -0.2) is 9.35 Å². The summed E-state index contributed by atoms with van der Waals surface area (Å²) in [6, 6.07) is 0. The van der Waals surface area contributed by atoms with E-state index in [1.807, 2.05) is 0 Å². The quantitative estimate of drug-likeness (QED) is 0.321. The second kappa shape index (κ2) is 7.19. The first-order chi connectivity index (χ1) is 11.5. The molecule has 0 aliphatic carbocycles. The molecule has 0 fully saturated rings. The van der Waals surface area contributed by atoms with Crippen LogP contribution in [0.15, 0.2) is 10.3 Å². The second-order valence-corrected chi connectivity index (χ2v) is 6.52. The minimum absolute atomic E-state index is 0.126. The average molecular weight is 408 g/mol. The summed E-state index contributed by atoms with van der Waals surface area (Å²) in [5.74, 6) is 8.50. The molecule has 0 bridgehead atoms. The summed E-state index contributed by atoms with van der Waals surface area (Å²) in [7, 11) is 0. The van der Waals surface area contributed by atoms with Crippen molar-refractivity contribution in [2.24, 2.45) is 0 Å². The Morgan fingerprint density at radius 1 is 0.720 bits per heavy atom. The highest BCUT2D eigenvalue weighted by Crippen LogP contribution is 2.30. The molecule has 0 saturated carbocycles. The molecule has 4 N–H and O–H groups in total. The Balaban J connectivity index is 1.82. The summed E-state index contributed by atoms with van der Waals surface area (Å²) in [5.41, 5.74) is 0. The monoisotopic (exact) mass is 408 g/mol. The first-order valence-electron chi connectivity index (χ1n) is 6.32. The van der Waals surface area contributed by atoms with Crippen molar-refractivity contribution in [3.63, 3.8) is 0 Å². The minimum Gasteiger partial charge on any atom is -0.335 e. The molecule has 8 nitrogen and oxygen atoms in total. The van der Waals surface area contributed by atoms with Gasteiger partial charge in [0.05, 0.1) is 0 Å². The summed E-state index contributed by atoms with van der Waals surface area (Å²) in [6.07, 6.45) is -9.01. The summed E-state index contributed by atoms with van der Waals surface area (Å²) in [4.78, 5) is 0. The lowest BCUT2D eigenvalue weighted by atomic mass is 10.6. The van der Waals surface area contributed by atoms with E-state index in [9.17, 15) is 26.3 Å². The number of nitrogens with zero attached hydrogens (tertiary/aromatic N) is 6. The van der Waals surface area contributed by atoms with Gasteiger partial charge in [-0.05, 0) is 6.42 Å². The molecule has 0 unspecified atom stereocenters. The van der Waals surface area contributed by atoms with Crippen LogP contribution in [0.4, 0.5) is 26.3 Å². The summed E-state index contributed by atoms with van der Waals surface area (Å²) >= 11 is 1.86. The lowest BCUT2D eigenvalue weighted by molar-refractivity contribution is -0.147. The third-order valence-electron chi connectivity index (χ3n) is 2.59. The van der Waals surface area contributed by atoms with Gasteiger partial charge < -0.3 is 11.7 Å². The normalized spacial score (nSPS) is 12.7. The van der Waals surface area contributed by atoms with Gasteiger partial charge in [-0.2, -0.15) is 26.3 Å². The van der Waals surface area contributed by atoms with E-state index in [0.717, 1.165) is 23.5 Å². The summed E-state index contributed by atoms with van der Waals surface area (Å²) < 4.78 is 75.6. The van der Waals surface area contributed by atoms with E-state index in [-0.39, 0.29) is 10.3 Å². The SMILES string of the molecule is Nn1c(SCCCSc2nnc(C(F)(F)F)n2N)nnc1C(F)(F)F. The molecule has 2 heterocycles. The van der Waals surface area contributed by atoms with Crippen LogP contribution in [0.25, 0.3) is 0 Å². The number of hydrogen-bond acceptors (Lipinski definition) is 8. The number of rotatable bonds is 6. The highest BCUT2D eigenvalue weighted by Gasteiger charge is 2.39. The molecule has 2 rings (SSSR count). The number of aromatic nitrogens is 6. The molecule has 0 radical (unpaired) electrons. The fraction of sp³-hybridized carbons (Fsp3) is 0.556. The van der Waals surface area contributed by atoms with E-state index in [0.29, 0.717) is 27.3 Å². The third-order valence-corrected chi connectivity index (χ3v) is 4.65. The minimum atomic E-state index is -4.71. The zero-order valence-electron chi connectivity index (χ0n) is 12.0. The van der Waals surface area contributed by atoms with E-state index in [2.05, 4.69) is 20.4 Å². The van der Waals surface area contributed by atoms with Crippen LogP contribution in [0.3, 0.4) is 0 Å². The van der Waals surface area contributed by atoms with Gasteiger partial charge in [-0.15, -0.1) is 20.4 Å². The molecule has 0 aromatic carbocycles.